The lowest BCUT2D eigenvalue weighted by molar-refractivity contribution is -0.136. The van der Waals surface area contributed by atoms with Gasteiger partial charge in [-0.3, -0.25) is 24.3 Å². The molecule has 5 amide bonds. The second-order valence-corrected chi connectivity index (χ2v) is 17.1. The first kappa shape index (κ1) is 40.1. The van der Waals surface area contributed by atoms with E-state index in [4.69, 9.17) is 10.7 Å². The highest BCUT2D eigenvalue weighted by molar-refractivity contribution is 5.99. The molecule has 4 aromatic rings. The molecule has 18 heteroatoms. The molecule has 5 fully saturated rings. The number of nitrogens with zero attached hydrogens (tertiary/aromatic N) is 10. The Hall–Kier alpha value is -6.30. The number of nitrogens with one attached hydrogen (secondary N) is 2. The van der Waals surface area contributed by atoms with Gasteiger partial charge in [0.25, 0.3) is 11.8 Å². The van der Waals surface area contributed by atoms with Crippen molar-refractivity contribution in [3.05, 3.63) is 76.5 Å². The average molecular weight is 832 g/mol. The Kier molecular flexibility index (Phi) is 10.9. The molecule has 1 unspecified atom stereocenters. The number of urea groups is 1. The van der Waals surface area contributed by atoms with Crippen molar-refractivity contribution in [2.24, 2.45) is 18.7 Å². The van der Waals surface area contributed by atoms with Gasteiger partial charge in [-0.15, -0.1) is 5.10 Å². The van der Waals surface area contributed by atoms with Crippen LogP contribution < -0.4 is 31.9 Å². The number of likely N-dealkylation sites (N-methyl/N-ethyl adjacent to an activating group) is 1. The van der Waals surface area contributed by atoms with Crippen molar-refractivity contribution in [2.75, 3.05) is 81.1 Å². The summed E-state index contributed by atoms with van der Waals surface area (Å²) in [6.45, 7) is 7.97. The quantitative estimate of drug-likeness (QED) is 0.187. The molecule has 0 radical (unpaired) electrons. The van der Waals surface area contributed by atoms with Crippen molar-refractivity contribution in [1.82, 2.24) is 44.3 Å². The molecule has 0 aliphatic carbocycles. The van der Waals surface area contributed by atoms with Crippen molar-refractivity contribution in [3.8, 4) is 11.4 Å². The predicted molar refractivity (Wildman–Crippen MR) is 229 cm³/mol. The van der Waals surface area contributed by atoms with Crippen LogP contribution in [0.1, 0.15) is 66.5 Å². The van der Waals surface area contributed by atoms with Gasteiger partial charge in [-0.1, -0.05) is 12.1 Å². The van der Waals surface area contributed by atoms with Crippen molar-refractivity contribution >= 4 is 46.8 Å². The van der Waals surface area contributed by atoms with Gasteiger partial charge in [0, 0.05) is 102 Å². The molecule has 5 aliphatic rings. The van der Waals surface area contributed by atoms with E-state index < -0.39 is 17.9 Å². The highest BCUT2D eigenvalue weighted by atomic mass is 16.2. The van der Waals surface area contributed by atoms with Crippen molar-refractivity contribution in [2.45, 2.75) is 56.5 Å². The van der Waals surface area contributed by atoms with E-state index in [1.54, 1.807) is 18.1 Å². The van der Waals surface area contributed by atoms with Crippen LogP contribution >= 0.6 is 0 Å². The standard InChI is InChI=1S/C43H53N13O5/c1-50-20-21-55(42(50)60)33-4-3-17-54(26-33)35-22-45-37(38(44)58)39(47-35)46-31-9-5-28(6-10-31)30-24-52(25-30)23-27-15-18-53(19-16-27)32-11-7-29(8-12-32)40-49-56(43(61)51(40)2)34-13-14-36(57)48-41(34)59/h5-12,22,27,30,33-34H,3-4,13-21,23-26H2,1-2H3,(H2,44,58)(H,46,47)(H,48,57,59)/t33-,34?/m1/s1. The predicted octanol–water partition coefficient (Wildman–Crippen LogP) is 2.51. The molecule has 2 aromatic carbocycles. The molecule has 9 rings (SSSR count). The number of likely N-dealkylation sites (tertiary alicyclic amines) is 1. The Bertz CT molecular complexity index is 2370. The summed E-state index contributed by atoms with van der Waals surface area (Å²) in [6, 6.07) is 15.7. The molecule has 0 bridgehead atoms. The number of carbonyl (C=O) groups excluding carboxylic acids is 4. The second-order valence-electron chi connectivity index (χ2n) is 17.1. The Labute approximate surface area is 353 Å². The van der Waals surface area contributed by atoms with Gasteiger partial charge in [0.1, 0.15) is 11.9 Å². The van der Waals surface area contributed by atoms with Crippen LogP contribution in [-0.2, 0) is 16.6 Å². The minimum absolute atomic E-state index is 0.0659. The number of benzene rings is 2. The van der Waals surface area contributed by atoms with Gasteiger partial charge in [0.2, 0.25) is 5.91 Å². The molecule has 61 heavy (non-hydrogen) atoms. The van der Waals surface area contributed by atoms with Gasteiger partial charge in [-0.25, -0.2) is 24.2 Å². The first-order valence-electron chi connectivity index (χ1n) is 21.4. The van der Waals surface area contributed by atoms with Gasteiger partial charge in [0.15, 0.2) is 17.3 Å². The van der Waals surface area contributed by atoms with E-state index in [1.165, 1.54) is 14.8 Å². The zero-order chi connectivity index (χ0) is 42.4. The van der Waals surface area contributed by atoms with E-state index in [2.05, 4.69) is 59.7 Å². The summed E-state index contributed by atoms with van der Waals surface area (Å²) in [7, 11) is 3.48. The molecule has 0 spiro atoms. The smallest absolute Gasteiger partial charge is 0.346 e. The average Bonchev–Trinajstić information content (AvgIpc) is 3.75. The third-order valence-electron chi connectivity index (χ3n) is 13.1. The number of primary amides is 1. The third kappa shape index (κ3) is 8.15. The number of amides is 5. The third-order valence-corrected chi connectivity index (χ3v) is 13.1. The highest BCUT2D eigenvalue weighted by Crippen LogP contribution is 2.33. The number of rotatable bonds is 11. The molecular weight excluding hydrogens is 779 g/mol. The second kappa shape index (κ2) is 16.6. The summed E-state index contributed by atoms with van der Waals surface area (Å²) in [4.78, 5) is 82.0. The topological polar surface area (TPSA) is 200 Å². The van der Waals surface area contributed by atoms with Gasteiger partial charge in [0.05, 0.1) is 12.2 Å². The van der Waals surface area contributed by atoms with E-state index in [9.17, 15) is 24.0 Å². The largest absolute Gasteiger partial charge is 0.372 e. The zero-order valence-corrected chi connectivity index (χ0v) is 34.7. The van der Waals surface area contributed by atoms with Gasteiger partial charge >= 0.3 is 11.7 Å². The molecule has 5 saturated heterocycles. The van der Waals surface area contributed by atoms with Crippen LogP contribution in [0.25, 0.3) is 11.4 Å². The molecule has 5 aliphatic heterocycles. The number of piperidine rings is 3. The lowest BCUT2D eigenvalue weighted by Crippen LogP contribution is -2.49. The van der Waals surface area contributed by atoms with Crippen molar-refractivity contribution < 1.29 is 19.2 Å². The van der Waals surface area contributed by atoms with E-state index in [-0.39, 0.29) is 42.2 Å². The maximum Gasteiger partial charge on any atom is 0.346 e. The van der Waals surface area contributed by atoms with E-state index in [0.29, 0.717) is 35.8 Å². The number of imide groups is 1. The molecular formula is C43H53N13O5. The molecule has 320 valence electrons. The van der Waals surface area contributed by atoms with Crippen LogP contribution in [0.4, 0.5) is 27.8 Å². The fraction of sp³-hybridized carbons (Fsp3) is 0.488. The number of hydrogen-bond acceptors (Lipinski definition) is 12. The minimum atomic E-state index is -0.799. The molecule has 18 nitrogen and oxygen atoms in total. The number of aromatic nitrogens is 5. The van der Waals surface area contributed by atoms with Gasteiger partial charge in [-0.05, 0) is 80.0 Å². The summed E-state index contributed by atoms with van der Waals surface area (Å²) >= 11 is 0. The van der Waals surface area contributed by atoms with Crippen LogP contribution in [-0.4, -0.2) is 135 Å². The normalized spacial score (nSPS) is 21.8. The summed E-state index contributed by atoms with van der Waals surface area (Å²) in [6.07, 6.45) is 6.11. The summed E-state index contributed by atoms with van der Waals surface area (Å²) in [5.41, 5.74) is 9.39. The Morgan fingerprint density at radius 3 is 2.31 bits per heavy atom. The first-order chi connectivity index (χ1) is 29.5. The van der Waals surface area contributed by atoms with Gasteiger partial charge < -0.3 is 35.6 Å². The summed E-state index contributed by atoms with van der Waals surface area (Å²) < 4.78 is 2.64. The lowest BCUT2D eigenvalue weighted by Gasteiger charge is -2.43. The van der Waals surface area contributed by atoms with Crippen LogP contribution in [0.2, 0.25) is 0 Å². The van der Waals surface area contributed by atoms with Crippen LogP contribution in [0.15, 0.2) is 59.5 Å². The Morgan fingerprint density at radius 1 is 0.869 bits per heavy atom. The number of nitrogens with two attached hydrogens (primary N) is 1. The Balaban J connectivity index is 0.749. The number of carbonyl (C=O) groups is 4. The van der Waals surface area contributed by atoms with E-state index in [0.717, 1.165) is 95.0 Å². The maximum absolute atomic E-state index is 13.0. The van der Waals surface area contributed by atoms with E-state index >= 15 is 0 Å². The summed E-state index contributed by atoms with van der Waals surface area (Å²) in [5, 5.41) is 10.1. The van der Waals surface area contributed by atoms with E-state index in [1.807, 2.05) is 36.2 Å². The maximum atomic E-state index is 13.0. The van der Waals surface area contributed by atoms with Crippen LogP contribution in [0.3, 0.4) is 0 Å². The lowest BCUT2D eigenvalue weighted by atomic mass is 9.88. The number of hydrogen-bond donors (Lipinski definition) is 3. The SMILES string of the molecule is CN1CCN([C@@H]2CCCN(c3cnc(C(N)=O)c(Nc4ccc(C5CN(CC6CCN(c7ccc(-c8nn(C9CCC(=O)NC9=O)c(=O)n8C)cc7)CC6)C5)cc4)n3)C2)C1=O. The minimum Gasteiger partial charge on any atom is -0.372 e. The molecule has 2 atom stereocenters. The van der Waals surface area contributed by atoms with Crippen LogP contribution in [0.5, 0.6) is 0 Å². The summed E-state index contributed by atoms with van der Waals surface area (Å²) in [5.74, 6) is 1.05. The molecule has 0 saturated carbocycles. The zero-order valence-electron chi connectivity index (χ0n) is 34.7. The highest BCUT2D eigenvalue weighted by Gasteiger charge is 2.36. The molecule has 2 aromatic heterocycles. The first-order valence-corrected chi connectivity index (χ1v) is 21.4. The monoisotopic (exact) mass is 831 g/mol. The fourth-order valence-corrected chi connectivity index (χ4v) is 9.52. The molecule has 7 heterocycles. The van der Waals surface area contributed by atoms with Crippen LogP contribution in [0, 0.1) is 5.92 Å². The van der Waals surface area contributed by atoms with Crippen molar-refractivity contribution in [1.29, 1.82) is 0 Å². The molecule has 4 N–H and O–H groups in total. The number of anilines is 4. The van der Waals surface area contributed by atoms with Gasteiger partial charge in [-0.2, -0.15) is 0 Å². The van der Waals surface area contributed by atoms with Crippen molar-refractivity contribution in [3.63, 3.8) is 0 Å². The fourth-order valence-electron chi connectivity index (χ4n) is 9.52. The Morgan fingerprint density at radius 2 is 1.62 bits per heavy atom.